The summed E-state index contributed by atoms with van der Waals surface area (Å²) in [5, 5.41) is 14.2. The second-order valence-electron chi connectivity index (χ2n) is 5.86. The molecule has 0 spiro atoms. The van der Waals surface area contributed by atoms with Crippen LogP contribution in [0, 0.1) is 6.92 Å². The van der Waals surface area contributed by atoms with Crippen molar-refractivity contribution in [2.24, 2.45) is 4.99 Å². The minimum atomic E-state index is 0.189. The van der Waals surface area contributed by atoms with Crippen molar-refractivity contribution < 1.29 is 5.11 Å². The molecule has 0 unspecified atom stereocenters. The van der Waals surface area contributed by atoms with Crippen LogP contribution in [-0.2, 0) is 0 Å². The van der Waals surface area contributed by atoms with E-state index in [2.05, 4.69) is 28.5 Å². The first-order valence-corrected chi connectivity index (χ1v) is 8.73. The number of phenolic OH excluding ortho intramolecular Hbond substituents is 1. The van der Waals surface area contributed by atoms with Crippen molar-refractivity contribution in [3.8, 4) is 16.3 Å². The number of phenols is 1. The normalized spacial score (nSPS) is 11.1. The molecule has 0 bridgehead atoms. The second-order valence-corrected chi connectivity index (χ2v) is 7.10. The molecule has 1 aromatic carbocycles. The number of hydrogen-bond acceptors (Lipinski definition) is 5. The number of rotatable bonds is 7. The van der Waals surface area contributed by atoms with Crippen LogP contribution in [0.1, 0.15) is 24.3 Å². The number of nitrogens with zero attached hydrogens (tertiary/aromatic N) is 2. The Morgan fingerprint density at radius 3 is 2.72 bits per heavy atom. The summed E-state index contributed by atoms with van der Waals surface area (Å²) in [7, 11) is 0. The lowest BCUT2D eigenvalue weighted by Crippen LogP contribution is -2.14. The number of thiazole rings is 1. The van der Waals surface area contributed by atoms with E-state index in [-0.39, 0.29) is 5.75 Å². The second kappa shape index (κ2) is 8.44. The van der Waals surface area contributed by atoms with Gasteiger partial charge in [0.1, 0.15) is 10.8 Å². The van der Waals surface area contributed by atoms with Gasteiger partial charge < -0.3 is 10.4 Å². The summed E-state index contributed by atoms with van der Waals surface area (Å²) in [6.07, 6.45) is 5.38. The third-order valence-corrected chi connectivity index (χ3v) is 4.35. The van der Waals surface area contributed by atoms with E-state index >= 15 is 0 Å². The first kappa shape index (κ1) is 18.7. The van der Waals surface area contributed by atoms with Gasteiger partial charge in [0.2, 0.25) is 0 Å². The summed E-state index contributed by atoms with van der Waals surface area (Å²) < 4.78 is 0. The molecule has 0 fully saturated rings. The Kier molecular flexibility index (Phi) is 6.31. The number of aromatic hydroxyl groups is 1. The summed E-state index contributed by atoms with van der Waals surface area (Å²) in [4.78, 5) is 9.79. The van der Waals surface area contributed by atoms with Crippen LogP contribution in [-0.4, -0.2) is 22.3 Å². The highest BCUT2D eigenvalue weighted by atomic mass is 32.1. The lowest BCUT2D eigenvalue weighted by atomic mass is 10.1. The predicted octanol–water partition coefficient (Wildman–Crippen LogP) is 4.94. The maximum absolute atomic E-state index is 10.0. The fraction of sp³-hybridized carbons (Fsp3) is 0.200. The number of aryl methyl sites for hydroxylation is 1. The highest BCUT2D eigenvalue weighted by molar-refractivity contribution is 7.14. The molecule has 0 amide bonds. The molecule has 130 valence electrons. The van der Waals surface area contributed by atoms with E-state index in [1.807, 2.05) is 33.0 Å². The van der Waals surface area contributed by atoms with Gasteiger partial charge in [-0.3, -0.25) is 4.99 Å². The van der Waals surface area contributed by atoms with E-state index in [0.29, 0.717) is 6.54 Å². The van der Waals surface area contributed by atoms with Gasteiger partial charge in [-0.25, -0.2) is 4.98 Å². The first-order chi connectivity index (χ1) is 11.9. The molecule has 2 aromatic rings. The zero-order chi connectivity index (χ0) is 18.4. The van der Waals surface area contributed by atoms with Crippen molar-refractivity contribution in [2.75, 3.05) is 6.54 Å². The average Bonchev–Trinajstić information content (AvgIpc) is 3.00. The largest absolute Gasteiger partial charge is 0.508 e. The number of nitrogens with one attached hydrogen (secondary N) is 1. The van der Waals surface area contributed by atoms with Crippen molar-refractivity contribution >= 4 is 22.7 Å². The molecule has 5 heteroatoms. The molecule has 1 heterocycles. The van der Waals surface area contributed by atoms with Gasteiger partial charge in [-0.15, -0.1) is 11.3 Å². The highest BCUT2D eigenvalue weighted by Gasteiger charge is 2.08. The molecule has 2 N–H and O–H groups in total. The smallest absolute Gasteiger partial charge is 0.123 e. The Balaban J connectivity index is 2.16. The molecule has 0 saturated carbocycles. The number of aliphatic imine (C=N–C) groups is 1. The van der Waals surface area contributed by atoms with Crippen LogP contribution in [0.5, 0.6) is 5.75 Å². The molecule has 25 heavy (non-hydrogen) atoms. The van der Waals surface area contributed by atoms with E-state index < -0.39 is 0 Å². The first-order valence-electron chi connectivity index (χ1n) is 7.91. The van der Waals surface area contributed by atoms with Crippen LogP contribution in [0.3, 0.4) is 0 Å². The van der Waals surface area contributed by atoms with Crippen molar-refractivity contribution in [2.45, 2.75) is 20.8 Å². The molecule has 4 nitrogen and oxygen atoms in total. The predicted molar refractivity (Wildman–Crippen MR) is 108 cm³/mol. The van der Waals surface area contributed by atoms with Crippen LogP contribution in [0.15, 0.2) is 60.4 Å². The number of aromatic nitrogens is 1. The Bertz CT molecular complexity index is 842. The van der Waals surface area contributed by atoms with Gasteiger partial charge in [0.15, 0.2) is 0 Å². The van der Waals surface area contributed by atoms with E-state index in [1.165, 1.54) is 0 Å². The maximum atomic E-state index is 10.0. The molecule has 0 saturated heterocycles. The molecule has 0 aliphatic heterocycles. The zero-order valence-corrected chi connectivity index (χ0v) is 15.7. The SMILES string of the molecule is C=C/C(=C\N=C(C)C)CNC(=C)c1cc(O)cc(-c2ncc(C)s2)c1. The molecule has 0 aliphatic rings. The third kappa shape index (κ3) is 5.43. The molecule has 0 aliphatic carbocycles. The monoisotopic (exact) mass is 353 g/mol. The van der Waals surface area contributed by atoms with E-state index in [4.69, 9.17) is 0 Å². The topological polar surface area (TPSA) is 57.5 Å². The summed E-state index contributed by atoms with van der Waals surface area (Å²) in [5.41, 5.74) is 4.35. The minimum Gasteiger partial charge on any atom is -0.508 e. The molecular weight excluding hydrogens is 330 g/mol. The van der Waals surface area contributed by atoms with Gasteiger partial charge in [0.25, 0.3) is 0 Å². The summed E-state index contributed by atoms with van der Waals surface area (Å²) in [6, 6.07) is 5.37. The van der Waals surface area contributed by atoms with Crippen LogP contribution in [0.25, 0.3) is 16.3 Å². The summed E-state index contributed by atoms with van der Waals surface area (Å²) in [6.45, 7) is 14.3. The van der Waals surface area contributed by atoms with Crippen molar-refractivity contribution in [3.63, 3.8) is 0 Å². The van der Waals surface area contributed by atoms with Crippen LogP contribution < -0.4 is 5.32 Å². The van der Waals surface area contributed by atoms with E-state index in [1.54, 1.807) is 35.7 Å². The summed E-state index contributed by atoms with van der Waals surface area (Å²) in [5.74, 6) is 0.189. The van der Waals surface area contributed by atoms with Crippen molar-refractivity contribution in [3.05, 3.63) is 65.8 Å². The Labute approximate surface area is 153 Å². The van der Waals surface area contributed by atoms with Crippen LogP contribution in [0.2, 0.25) is 0 Å². The minimum absolute atomic E-state index is 0.189. The van der Waals surface area contributed by atoms with Crippen molar-refractivity contribution in [1.29, 1.82) is 0 Å². The van der Waals surface area contributed by atoms with Gasteiger partial charge >= 0.3 is 0 Å². The van der Waals surface area contributed by atoms with E-state index in [9.17, 15) is 5.11 Å². The lowest BCUT2D eigenvalue weighted by molar-refractivity contribution is 0.475. The van der Waals surface area contributed by atoms with Gasteiger partial charge in [0.05, 0.1) is 0 Å². The molecule has 1 aromatic heterocycles. The van der Waals surface area contributed by atoms with Crippen molar-refractivity contribution in [1.82, 2.24) is 10.3 Å². The Morgan fingerprint density at radius 1 is 1.36 bits per heavy atom. The van der Waals surface area contributed by atoms with Gasteiger partial charge in [-0.1, -0.05) is 19.2 Å². The van der Waals surface area contributed by atoms with Crippen LogP contribution in [0.4, 0.5) is 0 Å². The summed E-state index contributed by atoms with van der Waals surface area (Å²) >= 11 is 1.59. The number of benzene rings is 1. The van der Waals surface area contributed by atoms with Gasteiger partial charge in [-0.05, 0) is 44.5 Å². The molecule has 0 atom stereocenters. The fourth-order valence-corrected chi connectivity index (χ4v) is 2.84. The van der Waals surface area contributed by atoms with E-state index in [0.717, 1.165) is 38.0 Å². The van der Waals surface area contributed by atoms with Crippen LogP contribution >= 0.6 is 11.3 Å². The highest BCUT2D eigenvalue weighted by Crippen LogP contribution is 2.30. The molecule has 2 rings (SSSR count). The molecule has 0 radical (unpaired) electrons. The maximum Gasteiger partial charge on any atom is 0.123 e. The van der Waals surface area contributed by atoms with Gasteiger partial charge in [0, 0.05) is 46.4 Å². The van der Waals surface area contributed by atoms with Gasteiger partial charge in [-0.2, -0.15) is 0 Å². The Hall–Kier alpha value is -2.66. The lowest BCUT2D eigenvalue weighted by Gasteiger charge is -2.12. The molecular formula is C20H23N3OS. The third-order valence-electron chi connectivity index (χ3n) is 3.39. The quantitative estimate of drug-likeness (QED) is 0.548. The average molecular weight is 353 g/mol. The zero-order valence-electron chi connectivity index (χ0n) is 14.8. The Morgan fingerprint density at radius 2 is 2.12 bits per heavy atom. The standard InChI is InChI=1S/C20H23N3OS/c1-6-16(11-21-13(2)3)12-22-15(5)17-7-18(9-19(24)8-17)20-23-10-14(4)25-20/h6-11,22,24H,1,5,12H2,2-4H3/b16-11+. The fourth-order valence-electron chi connectivity index (χ4n) is 2.09. The number of hydrogen-bond donors (Lipinski definition) is 2.